The fourth-order valence-electron chi connectivity index (χ4n) is 7.37. The second-order valence-corrected chi connectivity index (χ2v) is 11.4. The van der Waals surface area contributed by atoms with Crippen LogP contribution in [-0.2, 0) is 11.3 Å². The number of piperidine rings is 3. The number of benzene rings is 2. The van der Waals surface area contributed by atoms with Gasteiger partial charge in [0, 0.05) is 42.5 Å². The van der Waals surface area contributed by atoms with Gasteiger partial charge in [-0.15, -0.1) is 19.0 Å². The van der Waals surface area contributed by atoms with Crippen LogP contribution in [0, 0.1) is 11.8 Å². The van der Waals surface area contributed by atoms with E-state index in [1.54, 1.807) is 7.11 Å². The van der Waals surface area contributed by atoms with Crippen LogP contribution in [0.1, 0.15) is 57.8 Å². The Bertz CT molecular complexity index is 1360. The fourth-order valence-corrected chi connectivity index (χ4v) is 7.37. The first-order valence-corrected chi connectivity index (χ1v) is 15.6. The molecular weight excluding hydrogens is 564 g/mol. The van der Waals surface area contributed by atoms with Gasteiger partial charge in [-0.05, 0) is 75.6 Å². The number of aromatic nitrogens is 1. The van der Waals surface area contributed by atoms with E-state index in [1.165, 1.54) is 17.5 Å². The third kappa shape index (κ3) is 6.59. The number of methoxy groups -OCH3 is 1. The predicted molar refractivity (Wildman–Crippen MR) is 174 cm³/mol. The maximum atomic E-state index is 6.73. The standard InChI is InChI=1S/C35H47N2O5.ClH/c1-7-25-23-37(22-24-18-32(39-8-2)35(42-11-5)33(19-24)40-9-3)17-15-26(25)20-31(37)34(41-10-4)28-14-16-36-30-13-12-27(38-6)21-29(28)30;/h7,12-14,16,18-19,21,25-26,31,34H,1,8-11,15,17,20,22-23H2,2-6H3;1H/q+1;/t25?,26?,31-,34+,37?;/m0./s1. The lowest BCUT2D eigenvalue weighted by atomic mass is 9.71. The summed E-state index contributed by atoms with van der Waals surface area (Å²) in [6, 6.07) is 12.9. The van der Waals surface area contributed by atoms with Gasteiger partial charge in [0.2, 0.25) is 5.75 Å². The van der Waals surface area contributed by atoms with Crippen LogP contribution in [0.2, 0.25) is 0 Å². The van der Waals surface area contributed by atoms with E-state index >= 15 is 0 Å². The van der Waals surface area contributed by atoms with Crippen LogP contribution in [0.25, 0.3) is 10.9 Å². The number of hydrogen-bond donors (Lipinski definition) is 0. The van der Waals surface area contributed by atoms with Crippen LogP contribution in [-0.4, -0.2) is 62.1 Å². The van der Waals surface area contributed by atoms with Crippen molar-refractivity contribution in [2.24, 2.45) is 11.8 Å². The molecule has 7 nitrogen and oxygen atoms in total. The van der Waals surface area contributed by atoms with Gasteiger partial charge < -0.3 is 28.2 Å². The summed E-state index contributed by atoms with van der Waals surface area (Å²) in [6.45, 7) is 17.6. The maximum absolute atomic E-state index is 6.73. The Balaban J connectivity index is 0.00000423. The summed E-state index contributed by atoms with van der Waals surface area (Å²) in [5, 5.41) is 1.09. The molecule has 0 amide bonds. The quantitative estimate of drug-likeness (QED) is 0.139. The number of ether oxygens (including phenoxy) is 5. The van der Waals surface area contributed by atoms with Crippen molar-refractivity contribution in [3.05, 3.63) is 66.4 Å². The van der Waals surface area contributed by atoms with E-state index in [1.807, 2.05) is 39.1 Å². The van der Waals surface area contributed by atoms with Crippen molar-refractivity contribution < 1.29 is 28.2 Å². The molecule has 3 aliphatic heterocycles. The van der Waals surface area contributed by atoms with E-state index in [9.17, 15) is 0 Å². The predicted octanol–water partition coefficient (Wildman–Crippen LogP) is 7.55. The summed E-state index contributed by atoms with van der Waals surface area (Å²) in [7, 11) is 1.71. The topological polar surface area (TPSA) is 59.0 Å². The highest BCUT2D eigenvalue weighted by molar-refractivity contribution is 5.85. The van der Waals surface area contributed by atoms with Crippen molar-refractivity contribution >= 4 is 23.3 Å². The van der Waals surface area contributed by atoms with E-state index in [0.29, 0.717) is 44.0 Å². The van der Waals surface area contributed by atoms with Gasteiger partial charge in [0.15, 0.2) is 11.5 Å². The van der Waals surface area contributed by atoms with Crippen LogP contribution in [0.15, 0.2) is 55.3 Å². The Morgan fingerprint density at radius 3 is 2.33 bits per heavy atom. The van der Waals surface area contributed by atoms with Crippen LogP contribution < -0.4 is 18.9 Å². The second kappa shape index (κ2) is 14.7. The van der Waals surface area contributed by atoms with E-state index in [0.717, 1.165) is 58.7 Å². The zero-order valence-corrected chi connectivity index (χ0v) is 27.2. The zero-order chi connectivity index (χ0) is 29.7. The van der Waals surface area contributed by atoms with Gasteiger partial charge in [0.1, 0.15) is 24.4 Å². The first-order valence-electron chi connectivity index (χ1n) is 15.6. The van der Waals surface area contributed by atoms with Gasteiger partial charge in [-0.3, -0.25) is 4.98 Å². The lowest BCUT2D eigenvalue weighted by molar-refractivity contribution is -0.985. The molecule has 1 aromatic heterocycles. The van der Waals surface area contributed by atoms with Gasteiger partial charge in [0.05, 0.1) is 45.5 Å². The van der Waals surface area contributed by atoms with E-state index < -0.39 is 0 Å². The minimum atomic E-state index is -0.0819. The van der Waals surface area contributed by atoms with Crippen molar-refractivity contribution in [3.63, 3.8) is 0 Å². The molecule has 3 fully saturated rings. The highest BCUT2D eigenvalue weighted by atomic mass is 35.5. The SMILES string of the molecule is C=CC1C[N+]2(Cc3cc(OCC)c(OCC)c(OCC)c3)CCC1C[C@H]2[C@H](OCC)c1ccnc2ccc(OC)cc12.Cl. The largest absolute Gasteiger partial charge is 0.497 e. The minimum absolute atomic E-state index is 0. The normalized spacial score (nSPS) is 23.3. The first-order chi connectivity index (χ1) is 20.5. The van der Waals surface area contributed by atoms with Crippen molar-refractivity contribution in [1.82, 2.24) is 4.98 Å². The van der Waals surface area contributed by atoms with E-state index in [2.05, 4.69) is 48.8 Å². The molecule has 234 valence electrons. The van der Waals surface area contributed by atoms with Crippen LogP contribution in [0.4, 0.5) is 0 Å². The molecule has 0 spiro atoms. The highest BCUT2D eigenvalue weighted by Crippen LogP contribution is 2.50. The number of quaternary nitrogens is 1. The fraction of sp³-hybridized carbons (Fsp3) is 0.514. The lowest BCUT2D eigenvalue weighted by Gasteiger charge is -2.58. The molecule has 6 rings (SSSR count). The number of nitrogens with zero attached hydrogens (tertiary/aromatic N) is 2. The number of hydrogen-bond acceptors (Lipinski definition) is 6. The molecular formula is C35H48ClN2O5+. The summed E-state index contributed by atoms with van der Waals surface area (Å²) in [5.41, 5.74) is 3.33. The Hall–Kier alpha value is -3.00. The summed E-state index contributed by atoms with van der Waals surface area (Å²) in [5.74, 6) is 4.09. The zero-order valence-electron chi connectivity index (χ0n) is 26.3. The monoisotopic (exact) mass is 611 g/mol. The summed E-state index contributed by atoms with van der Waals surface area (Å²) < 4.78 is 31.5. The summed E-state index contributed by atoms with van der Waals surface area (Å²) >= 11 is 0. The van der Waals surface area contributed by atoms with Gasteiger partial charge in [0.25, 0.3) is 0 Å². The average molecular weight is 612 g/mol. The third-order valence-corrected chi connectivity index (χ3v) is 9.13. The highest BCUT2D eigenvalue weighted by Gasteiger charge is 2.54. The summed E-state index contributed by atoms with van der Waals surface area (Å²) in [6.07, 6.45) is 6.29. The number of fused-ring (bicyclic) bond motifs is 4. The molecule has 0 aliphatic carbocycles. The van der Waals surface area contributed by atoms with Gasteiger partial charge in [-0.25, -0.2) is 0 Å². The molecule has 8 heteroatoms. The van der Waals surface area contributed by atoms with E-state index in [-0.39, 0.29) is 24.6 Å². The van der Waals surface area contributed by atoms with Gasteiger partial charge in [-0.2, -0.15) is 0 Å². The van der Waals surface area contributed by atoms with Crippen LogP contribution >= 0.6 is 12.4 Å². The molecule has 5 atom stereocenters. The van der Waals surface area contributed by atoms with Gasteiger partial charge in [-0.1, -0.05) is 6.08 Å². The van der Waals surface area contributed by atoms with Crippen LogP contribution in [0.5, 0.6) is 23.0 Å². The molecule has 0 N–H and O–H groups in total. The Morgan fingerprint density at radius 2 is 1.70 bits per heavy atom. The Morgan fingerprint density at radius 1 is 0.977 bits per heavy atom. The van der Waals surface area contributed by atoms with Crippen molar-refractivity contribution in [3.8, 4) is 23.0 Å². The van der Waals surface area contributed by atoms with Crippen molar-refractivity contribution in [2.75, 3.05) is 46.6 Å². The molecule has 0 saturated carbocycles. The number of rotatable bonds is 14. The molecule has 2 bridgehead atoms. The van der Waals surface area contributed by atoms with Crippen molar-refractivity contribution in [1.29, 1.82) is 0 Å². The molecule has 3 aliphatic rings. The number of pyridine rings is 1. The lowest BCUT2D eigenvalue weighted by Crippen LogP contribution is -2.67. The van der Waals surface area contributed by atoms with Gasteiger partial charge >= 0.3 is 0 Å². The maximum Gasteiger partial charge on any atom is 0.203 e. The molecule has 3 saturated heterocycles. The summed E-state index contributed by atoms with van der Waals surface area (Å²) in [4.78, 5) is 4.67. The molecule has 4 heterocycles. The van der Waals surface area contributed by atoms with Crippen LogP contribution in [0.3, 0.4) is 0 Å². The molecule has 0 radical (unpaired) electrons. The average Bonchev–Trinajstić information content (AvgIpc) is 3.01. The smallest absolute Gasteiger partial charge is 0.203 e. The molecule has 3 unspecified atom stereocenters. The Kier molecular flexibility index (Phi) is 11.2. The second-order valence-electron chi connectivity index (χ2n) is 11.4. The number of halogens is 1. The molecule has 3 aromatic rings. The Labute approximate surface area is 263 Å². The van der Waals surface area contributed by atoms with E-state index in [4.69, 9.17) is 23.7 Å². The van der Waals surface area contributed by atoms with Crippen molar-refractivity contribution in [2.45, 2.75) is 59.2 Å². The first kappa shape index (κ1) is 32.9. The molecule has 2 aromatic carbocycles. The third-order valence-electron chi connectivity index (χ3n) is 9.13. The minimum Gasteiger partial charge on any atom is -0.497 e. The molecule has 43 heavy (non-hydrogen) atoms.